The van der Waals surface area contributed by atoms with Crippen LogP contribution in [0.2, 0.25) is 0 Å². The van der Waals surface area contributed by atoms with Crippen molar-refractivity contribution in [1.82, 2.24) is 14.5 Å². The van der Waals surface area contributed by atoms with Crippen molar-refractivity contribution in [1.29, 1.82) is 0 Å². The second kappa shape index (κ2) is 8.01. The van der Waals surface area contributed by atoms with E-state index < -0.39 is 0 Å². The van der Waals surface area contributed by atoms with Gasteiger partial charge in [-0.2, -0.15) is 0 Å². The summed E-state index contributed by atoms with van der Waals surface area (Å²) in [6.07, 6.45) is 7.25. The summed E-state index contributed by atoms with van der Waals surface area (Å²) in [7, 11) is 0. The van der Waals surface area contributed by atoms with Gasteiger partial charge in [0.15, 0.2) is 0 Å². The largest absolute Gasteiger partial charge is 0.474 e. The average molecular weight is 395 g/mol. The fourth-order valence-electron chi connectivity index (χ4n) is 4.12. The van der Waals surface area contributed by atoms with Gasteiger partial charge in [0, 0.05) is 37.1 Å². The monoisotopic (exact) mass is 394 g/mol. The third kappa shape index (κ3) is 3.80. The fraction of sp³-hybridized carbons (Fsp3) is 0.522. The zero-order chi connectivity index (χ0) is 20.5. The van der Waals surface area contributed by atoms with E-state index in [9.17, 15) is 4.79 Å². The van der Waals surface area contributed by atoms with Crippen molar-refractivity contribution in [2.45, 2.75) is 65.6 Å². The molecule has 0 N–H and O–H groups in total. The highest BCUT2D eigenvalue weighted by molar-refractivity contribution is 6.17. The number of piperidine rings is 1. The molecular formula is C23H30N4O2. The molecule has 2 aromatic heterocycles. The Bertz CT molecular complexity index is 936. The number of aliphatic imine (C=N–C) groups is 1. The van der Waals surface area contributed by atoms with E-state index in [0.717, 1.165) is 54.0 Å². The highest BCUT2D eigenvalue weighted by Gasteiger charge is 2.28. The second-order valence-electron chi connectivity index (χ2n) is 8.45. The molecule has 0 radical (unpaired) electrons. The molecule has 2 aromatic rings. The highest BCUT2D eigenvalue weighted by Crippen LogP contribution is 2.31. The zero-order valence-electron chi connectivity index (χ0n) is 17.8. The number of hydrogen-bond acceptors (Lipinski definition) is 4. The number of hydrogen-bond donors (Lipinski definition) is 0. The molecule has 1 amide bonds. The van der Waals surface area contributed by atoms with Crippen molar-refractivity contribution in [2.75, 3.05) is 13.1 Å². The number of rotatable bonds is 5. The lowest BCUT2D eigenvalue weighted by Crippen LogP contribution is -2.36. The lowest BCUT2D eigenvalue weighted by atomic mass is 10.0. The summed E-state index contributed by atoms with van der Waals surface area (Å²) in [5, 5.41) is 0. The van der Waals surface area contributed by atoms with Crippen LogP contribution in [0.4, 0.5) is 0 Å². The van der Waals surface area contributed by atoms with Crippen LogP contribution in [-0.4, -0.2) is 45.3 Å². The standard InChI is InChI=1S/C23H30N4O2/c1-15(2)27-14-18(12-19(27)23(28)26-10-6-5-7-11-26)21-20-17(13-25-21)8-9-24-22(20)29-16(3)4/h8-9,12,14-16H,5-7,10-11,13H2,1-4H3. The highest BCUT2D eigenvalue weighted by atomic mass is 16.5. The Hall–Kier alpha value is -2.63. The van der Waals surface area contributed by atoms with Crippen molar-refractivity contribution < 1.29 is 9.53 Å². The van der Waals surface area contributed by atoms with Gasteiger partial charge in [0.25, 0.3) is 5.91 Å². The van der Waals surface area contributed by atoms with E-state index >= 15 is 0 Å². The predicted octanol–water partition coefficient (Wildman–Crippen LogP) is 4.23. The summed E-state index contributed by atoms with van der Waals surface area (Å²) >= 11 is 0. The number of likely N-dealkylation sites (tertiary alicyclic amines) is 1. The Kier molecular flexibility index (Phi) is 5.43. The molecular weight excluding hydrogens is 364 g/mol. The van der Waals surface area contributed by atoms with Crippen LogP contribution in [0.3, 0.4) is 0 Å². The Morgan fingerprint density at radius 1 is 1.14 bits per heavy atom. The molecule has 6 heteroatoms. The fourth-order valence-corrected chi connectivity index (χ4v) is 4.12. The van der Waals surface area contributed by atoms with Crippen molar-refractivity contribution in [3.8, 4) is 5.88 Å². The van der Waals surface area contributed by atoms with Gasteiger partial charge in [-0.3, -0.25) is 9.79 Å². The van der Waals surface area contributed by atoms with Crippen LogP contribution in [0.15, 0.2) is 29.5 Å². The lowest BCUT2D eigenvalue weighted by Gasteiger charge is -2.27. The maximum absolute atomic E-state index is 13.2. The lowest BCUT2D eigenvalue weighted by molar-refractivity contribution is 0.0711. The zero-order valence-corrected chi connectivity index (χ0v) is 17.8. The number of nitrogens with zero attached hydrogens (tertiary/aromatic N) is 4. The number of fused-ring (bicyclic) bond motifs is 1. The maximum Gasteiger partial charge on any atom is 0.270 e. The van der Waals surface area contributed by atoms with Crippen LogP contribution in [0.25, 0.3) is 0 Å². The summed E-state index contributed by atoms with van der Waals surface area (Å²) in [6, 6.07) is 4.18. The van der Waals surface area contributed by atoms with E-state index in [4.69, 9.17) is 9.73 Å². The molecule has 0 bridgehead atoms. The molecule has 0 spiro atoms. The van der Waals surface area contributed by atoms with Crippen LogP contribution < -0.4 is 4.74 Å². The first-order valence-corrected chi connectivity index (χ1v) is 10.7. The minimum absolute atomic E-state index is 0.0346. The molecule has 0 saturated carbocycles. The first kappa shape index (κ1) is 19.7. The average Bonchev–Trinajstić information content (AvgIpc) is 3.32. The van der Waals surface area contributed by atoms with E-state index in [1.807, 2.05) is 30.9 Å². The quantitative estimate of drug-likeness (QED) is 0.762. The van der Waals surface area contributed by atoms with Crippen LogP contribution in [-0.2, 0) is 6.54 Å². The van der Waals surface area contributed by atoms with Gasteiger partial charge < -0.3 is 14.2 Å². The van der Waals surface area contributed by atoms with Crippen molar-refractivity contribution in [2.24, 2.45) is 4.99 Å². The van der Waals surface area contributed by atoms with Gasteiger partial charge in [-0.1, -0.05) is 0 Å². The normalized spacial score (nSPS) is 16.3. The topological polar surface area (TPSA) is 59.7 Å². The van der Waals surface area contributed by atoms with Gasteiger partial charge in [-0.15, -0.1) is 0 Å². The first-order valence-electron chi connectivity index (χ1n) is 10.7. The summed E-state index contributed by atoms with van der Waals surface area (Å²) in [5.41, 5.74) is 4.64. The van der Waals surface area contributed by atoms with Gasteiger partial charge in [0.2, 0.25) is 5.88 Å². The Balaban J connectivity index is 1.72. The molecule has 154 valence electrons. The van der Waals surface area contributed by atoms with Gasteiger partial charge in [-0.05, 0) is 64.7 Å². The molecule has 0 unspecified atom stereocenters. The van der Waals surface area contributed by atoms with Gasteiger partial charge in [0.1, 0.15) is 5.69 Å². The van der Waals surface area contributed by atoms with E-state index in [2.05, 4.69) is 29.6 Å². The molecule has 1 saturated heterocycles. The maximum atomic E-state index is 13.2. The number of ether oxygens (including phenoxy) is 1. The SMILES string of the molecule is CC(C)Oc1nccc2c1C(c1cc(C(=O)N3CCCCC3)n(C(C)C)c1)=NC2. The third-order valence-electron chi connectivity index (χ3n) is 5.53. The third-order valence-corrected chi connectivity index (χ3v) is 5.53. The number of carbonyl (C=O) groups is 1. The summed E-state index contributed by atoms with van der Waals surface area (Å²) in [6.45, 7) is 10.5. The Morgan fingerprint density at radius 2 is 1.90 bits per heavy atom. The Morgan fingerprint density at radius 3 is 2.59 bits per heavy atom. The van der Waals surface area contributed by atoms with E-state index in [1.165, 1.54) is 6.42 Å². The summed E-state index contributed by atoms with van der Waals surface area (Å²) in [5.74, 6) is 0.739. The van der Waals surface area contributed by atoms with E-state index in [1.54, 1.807) is 6.20 Å². The number of pyridine rings is 1. The molecule has 4 heterocycles. The van der Waals surface area contributed by atoms with E-state index in [0.29, 0.717) is 12.4 Å². The summed E-state index contributed by atoms with van der Waals surface area (Å²) < 4.78 is 8.04. The van der Waals surface area contributed by atoms with Gasteiger partial charge >= 0.3 is 0 Å². The van der Waals surface area contributed by atoms with Crippen LogP contribution >= 0.6 is 0 Å². The minimum Gasteiger partial charge on any atom is -0.474 e. The molecule has 2 aliphatic heterocycles. The Labute approximate surface area is 172 Å². The van der Waals surface area contributed by atoms with Gasteiger partial charge in [-0.25, -0.2) is 4.98 Å². The predicted molar refractivity (Wildman–Crippen MR) is 114 cm³/mol. The van der Waals surface area contributed by atoms with E-state index in [-0.39, 0.29) is 18.1 Å². The smallest absolute Gasteiger partial charge is 0.270 e. The molecule has 4 rings (SSSR count). The van der Waals surface area contributed by atoms with Gasteiger partial charge in [0.05, 0.1) is 23.9 Å². The molecule has 0 aromatic carbocycles. The van der Waals surface area contributed by atoms with Crippen molar-refractivity contribution >= 4 is 11.6 Å². The number of carbonyl (C=O) groups excluding carboxylic acids is 1. The van der Waals surface area contributed by atoms with Crippen LogP contribution in [0.1, 0.15) is 80.2 Å². The van der Waals surface area contributed by atoms with Crippen molar-refractivity contribution in [3.05, 3.63) is 46.9 Å². The molecule has 0 atom stereocenters. The molecule has 2 aliphatic rings. The minimum atomic E-state index is 0.0346. The number of amides is 1. The first-order chi connectivity index (χ1) is 14.0. The van der Waals surface area contributed by atoms with Crippen molar-refractivity contribution in [3.63, 3.8) is 0 Å². The molecule has 6 nitrogen and oxygen atoms in total. The molecule has 0 aliphatic carbocycles. The number of aromatic nitrogens is 2. The summed E-state index contributed by atoms with van der Waals surface area (Å²) in [4.78, 5) is 24.5. The van der Waals surface area contributed by atoms with Crippen LogP contribution in [0.5, 0.6) is 5.88 Å². The van der Waals surface area contributed by atoms with Crippen LogP contribution in [0, 0.1) is 0 Å². The second-order valence-corrected chi connectivity index (χ2v) is 8.45. The molecule has 29 heavy (non-hydrogen) atoms. The molecule has 1 fully saturated rings.